The molecule has 0 saturated carbocycles. The molecule has 6 heteroatoms. The molecule has 0 radical (unpaired) electrons. The molecule has 0 heterocycles. The lowest BCUT2D eigenvalue weighted by Gasteiger charge is -2.14. The lowest BCUT2D eigenvalue weighted by atomic mass is 10.1. The minimum absolute atomic E-state index is 0.554. The summed E-state index contributed by atoms with van der Waals surface area (Å²) in [6, 6.07) is 9.31. The molecule has 0 fully saturated rings. The molecule has 2 rings (SSSR count). The Kier molecular flexibility index (Phi) is 5.93. The summed E-state index contributed by atoms with van der Waals surface area (Å²) >= 11 is 5.97. The van der Waals surface area contributed by atoms with Crippen molar-refractivity contribution in [2.45, 2.75) is 13.8 Å². The molecule has 0 bridgehead atoms. The van der Waals surface area contributed by atoms with Crippen molar-refractivity contribution in [1.82, 2.24) is 0 Å². The summed E-state index contributed by atoms with van der Waals surface area (Å²) in [5.41, 5.74) is 6.62. The van der Waals surface area contributed by atoms with Crippen LogP contribution in [0.25, 0.3) is 0 Å². The van der Waals surface area contributed by atoms with Crippen LogP contribution in [0.5, 0.6) is 17.2 Å². The van der Waals surface area contributed by atoms with Crippen molar-refractivity contribution in [3.63, 3.8) is 0 Å². The van der Waals surface area contributed by atoms with E-state index < -0.39 is 0 Å². The van der Waals surface area contributed by atoms with E-state index in [9.17, 15) is 0 Å². The van der Waals surface area contributed by atoms with Crippen molar-refractivity contribution in [2.24, 2.45) is 5.10 Å². The molecule has 0 atom stereocenters. The number of hydrazone groups is 1. The van der Waals surface area contributed by atoms with Gasteiger partial charge in [0.15, 0.2) is 11.5 Å². The molecule has 0 amide bonds. The number of methoxy groups -OCH3 is 3. The third-order valence-corrected chi connectivity index (χ3v) is 3.85. The van der Waals surface area contributed by atoms with E-state index in [0.717, 1.165) is 22.5 Å². The fourth-order valence-corrected chi connectivity index (χ4v) is 2.48. The molecule has 24 heavy (non-hydrogen) atoms. The van der Waals surface area contributed by atoms with E-state index in [0.29, 0.717) is 22.3 Å². The first kappa shape index (κ1) is 17.9. The van der Waals surface area contributed by atoms with Gasteiger partial charge in [-0.3, -0.25) is 5.43 Å². The first-order chi connectivity index (χ1) is 11.5. The average molecular weight is 349 g/mol. The Balaban J connectivity index is 2.32. The highest BCUT2D eigenvalue weighted by Crippen LogP contribution is 2.38. The summed E-state index contributed by atoms with van der Waals surface area (Å²) in [4.78, 5) is 0. The number of hydrogen-bond acceptors (Lipinski definition) is 5. The van der Waals surface area contributed by atoms with E-state index in [-0.39, 0.29) is 0 Å². The molecular formula is C18H21ClN2O3. The van der Waals surface area contributed by atoms with Gasteiger partial charge in [-0.2, -0.15) is 5.10 Å². The Morgan fingerprint density at radius 2 is 1.62 bits per heavy atom. The van der Waals surface area contributed by atoms with E-state index in [1.807, 2.05) is 44.2 Å². The molecule has 2 aromatic rings. The standard InChI is InChI=1S/C18H21ClN2O3/c1-11-8-14(19)6-7-15(11)21-20-12(2)13-9-16(22-3)18(24-5)17(10-13)23-4/h6-10,21H,1-5H3. The summed E-state index contributed by atoms with van der Waals surface area (Å²) in [5.74, 6) is 1.73. The summed E-state index contributed by atoms with van der Waals surface area (Å²) < 4.78 is 16.1. The molecule has 0 aromatic heterocycles. The topological polar surface area (TPSA) is 52.1 Å². The number of hydrogen-bond donors (Lipinski definition) is 1. The Hall–Kier alpha value is -2.40. The number of rotatable bonds is 6. The lowest BCUT2D eigenvalue weighted by molar-refractivity contribution is 0.324. The molecule has 0 aliphatic heterocycles. The SMILES string of the molecule is COc1cc(C(C)=NNc2ccc(Cl)cc2C)cc(OC)c1OC. The highest BCUT2D eigenvalue weighted by molar-refractivity contribution is 6.30. The Morgan fingerprint density at radius 1 is 1.00 bits per heavy atom. The Labute approximate surface area is 147 Å². The van der Waals surface area contributed by atoms with E-state index in [2.05, 4.69) is 10.5 Å². The number of nitrogens with one attached hydrogen (secondary N) is 1. The molecule has 0 aliphatic carbocycles. The highest BCUT2D eigenvalue weighted by Gasteiger charge is 2.14. The van der Waals surface area contributed by atoms with Crippen molar-refractivity contribution in [1.29, 1.82) is 0 Å². The van der Waals surface area contributed by atoms with Gasteiger partial charge in [0.2, 0.25) is 5.75 Å². The zero-order valence-electron chi connectivity index (χ0n) is 14.4. The number of benzene rings is 2. The molecular weight excluding hydrogens is 328 g/mol. The zero-order chi connectivity index (χ0) is 17.7. The maximum atomic E-state index is 5.97. The molecule has 0 unspecified atom stereocenters. The van der Waals surface area contributed by atoms with Crippen LogP contribution in [-0.4, -0.2) is 27.0 Å². The predicted octanol–water partition coefficient (Wildman–Crippen LogP) is 4.51. The van der Waals surface area contributed by atoms with Gasteiger partial charge in [0.1, 0.15) is 0 Å². The largest absolute Gasteiger partial charge is 0.493 e. The minimum Gasteiger partial charge on any atom is -0.493 e. The minimum atomic E-state index is 0.554. The van der Waals surface area contributed by atoms with Crippen LogP contribution < -0.4 is 19.6 Å². The van der Waals surface area contributed by atoms with Gasteiger partial charge in [-0.15, -0.1) is 0 Å². The maximum Gasteiger partial charge on any atom is 0.203 e. The molecule has 0 saturated heterocycles. The number of ether oxygens (including phenoxy) is 3. The van der Waals surface area contributed by atoms with Crippen molar-refractivity contribution >= 4 is 23.0 Å². The second kappa shape index (κ2) is 7.93. The van der Waals surface area contributed by atoms with Crippen molar-refractivity contribution in [3.8, 4) is 17.2 Å². The fourth-order valence-electron chi connectivity index (χ4n) is 2.25. The van der Waals surface area contributed by atoms with Crippen LogP contribution >= 0.6 is 11.6 Å². The van der Waals surface area contributed by atoms with Crippen LogP contribution in [0.4, 0.5) is 5.69 Å². The van der Waals surface area contributed by atoms with Crippen LogP contribution in [0.1, 0.15) is 18.1 Å². The van der Waals surface area contributed by atoms with Gasteiger partial charge < -0.3 is 14.2 Å². The first-order valence-corrected chi connectivity index (χ1v) is 7.74. The molecule has 1 N–H and O–H groups in total. The molecule has 2 aromatic carbocycles. The van der Waals surface area contributed by atoms with E-state index in [1.165, 1.54) is 0 Å². The second-order valence-corrected chi connectivity index (χ2v) is 5.62. The third kappa shape index (κ3) is 3.92. The number of halogens is 1. The Bertz CT molecular complexity index is 735. The van der Waals surface area contributed by atoms with Crippen LogP contribution in [-0.2, 0) is 0 Å². The van der Waals surface area contributed by atoms with Gasteiger partial charge in [0.25, 0.3) is 0 Å². The fraction of sp³-hybridized carbons (Fsp3) is 0.278. The van der Waals surface area contributed by atoms with Crippen molar-refractivity contribution < 1.29 is 14.2 Å². The van der Waals surface area contributed by atoms with Gasteiger partial charge in [-0.25, -0.2) is 0 Å². The summed E-state index contributed by atoms with van der Waals surface area (Å²) in [6.45, 7) is 3.87. The lowest BCUT2D eigenvalue weighted by Crippen LogP contribution is -2.03. The number of nitrogens with zero attached hydrogens (tertiary/aromatic N) is 1. The number of anilines is 1. The molecule has 0 aliphatic rings. The van der Waals surface area contributed by atoms with E-state index in [4.69, 9.17) is 25.8 Å². The maximum absolute atomic E-state index is 5.97. The zero-order valence-corrected chi connectivity index (χ0v) is 15.2. The average Bonchev–Trinajstić information content (AvgIpc) is 2.59. The van der Waals surface area contributed by atoms with Crippen LogP contribution in [0, 0.1) is 6.92 Å². The normalized spacial score (nSPS) is 11.2. The smallest absolute Gasteiger partial charge is 0.203 e. The Morgan fingerprint density at radius 3 is 2.12 bits per heavy atom. The molecule has 5 nitrogen and oxygen atoms in total. The summed E-state index contributed by atoms with van der Waals surface area (Å²) in [7, 11) is 4.75. The summed E-state index contributed by atoms with van der Waals surface area (Å²) in [6.07, 6.45) is 0. The van der Waals surface area contributed by atoms with Crippen molar-refractivity contribution in [2.75, 3.05) is 26.8 Å². The van der Waals surface area contributed by atoms with Crippen LogP contribution in [0.3, 0.4) is 0 Å². The van der Waals surface area contributed by atoms with E-state index in [1.54, 1.807) is 21.3 Å². The summed E-state index contributed by atoms with van der Waals surface area (Å²) in [5, 5.41) is 5.13. The monoisotopic (exact) mass is 348 g/mol. The van der Waals surface area contributed by atoms with Crippen LogP contribution in [0.15, 0.2) is 35.4 Å². The number of aryl methyl sites for hydroxylation is 1. The van der Waals surface area contributed by atoms with Gasteiger partial charge in [0, 0.05) is 10.6 Å². The van der Waals surface area contributed by atoms with Crippen molar-refractivity contribution in [3.05, 3.63) is 46.5 Å². The molecule has 0 spiro atoms. The van der Waals surface area contributed by atoms with Gasteiger partial charge >= 0.3 is 0 Å². The van der Waals surface area contributed by atoms with Gasteiger partial charge in [-0.05, 0) is 49.7 Å². The second-order valence-electron chi connectivity index (χ2n) is 5.18. The van der Waals surface area contributed by atoms with Gasteiger partial charge in [0.05, 0.1) is 32.7 Å². The van der Waals surface area contributed by atoms with Crippen LogP contribution in [0.2, 0.25) is 5.02 Å². The molecule has 128 valence electrons. The highest BCUT2D eigenvalue weighted by atomic mass is 35.5. The quantitative estimate of drug-likeness (QED) is 0.616. The third-order valence-electron chi connectivity index (χ3n) is 3.62. The predicted molar refractivity (Wildman–Crippen MR) is 98.1 cm³/mol. The van der Waals surface area contributed by atoms with Gasteiger partial charge in [-0.1, -0.05) is 11.6 Å². The first-order valence-electron chi connectivity index (χ1n) is 7.37. The van der Waals surface area contributed by atoms with E-state index >= 15 is 0 Å².